The van der Waals surface area contributed by atoms with Crippen LogP contribution in [0.15, 0.2) is 16.6 Å². The summed E-state index contributed by atoms with van der Waals surface area (Å²) in [5.41, 5.74) is -0.205. The zero-order chi connectivity index (χ0) is 14.9. The van der Waals surface area contributed by atoms with Gasteiger partial charge in [0.05, 0.1) is 10.0 Å². The van der Waals surface area contributed by atoms with E-state index in [1.165, 1.54) is 0 Å². The smallest absolute Gasteiger partial charge is 0.257 e. The van der Waals surface area contributed by atoms with Gasteiger partial charge in [0.25, 0.3) is 5.91 Å². The van der Waals surface area contributed by atoms with Crippen molar-refractivity contribution < 1.29 is 13.6 Å². The molecule has 1 heterocycles. The summed E-state index contributed by atoms with van der Waals surface area (Å²) in [6.45, 7) is 6.78. The fourth-order valence-electron chi connectivity index (χ4n) is 2.30. The highest BCUT2D eigenvalue weighted by Crippen LogP contribution is 2.21. The van der Waals surface area contributed by atoms with Gasteiger partial charge < -0.3 is 4.90 Å². The molecule has 6 heteroatoms. The molecule has 1 fully saturated rings. The van der Waals surface area contributed by atoms with Crippen LogP contribution < -0.4 is 0 Å². The minimum atomic E-state index is -0.699. The zero-order valence-corrected chi connectivity index (χ0v) is 13.1. The third kappa shape index (κ3) is 3.17. The van der Waals surface area contributed by atoms with Crippen LogP contribution >= 0.6 is 15.9 Å². The zero-order valence-electron chi connectivity index (χ0n) is 11.5. The Morgan fingerprint density at radius 3 is 2.30 bits per heavy atom. The molecule has 1 aromatic carbocycles. The molecule has 2 rings (SSSR count). The fraction of sp³-hybridized carbons (Fsp3) is 0.500. The number of amides is 1. The van der Waals surface area contributed by atoms with Crippen molar-refractivity contribution in [2.45, 2.75) is 19.9 Å². The second-order valence-corrected chi connectivity index (χ2v) is 6.02. The van der Waals surface area contributed by atoms with Crippen molar-refractivity contribution in [3.8, 4) is 0 Å². The molecule has 1 amide bonds. The summed E-state index contributed by atoms with van der Waals surface area (Å²) in [5, 5.41) is 0. The first kappa shape index (κ1) is 15.4. The molecule has 110 valence electrons. The van der Waals surface area contributed by atoms with Gasteiger partial charge in [-0.05, 0) is 41.9 Å². The standard InChI is InChI=1S/C14H17BrF2N2O/c1-9(2)18-3-5-19(6-4-18)14(20)10-7-13(17)11(15)8-12(10)16/h7-9H,3-6H2,1-2H3. The summed E-state index contributed by atoms with van der Waals surface area (Å²) in [5.74, 6) is -1.78. The fourth-order valence-corrected chi connectivity index (χ4v) is 2.61. The molecule has 0 atom stereocenters. The lowest BCUT2D eigenvalue weighted by Crippen LogP contribution is -2.50. The van der Waals surface area contributed by atoms with E-state index in [9.17, 15) is 13.6 Å². The van der Waals surface area contributed by atoms with Crippen molar-refractivity contribution in [3.63, 3.8) is 0 Å². The van der Waals surface area contributed by atoms with Crippen LogP contribution in [0.3, 0.4) is 0 Å². The monoisotopic (exact) mass is 346 g/mol. The van der Waals surface area contributed by atoms with Crippen LogP contribution in [0.2, 0.25) is 0 Å². The predicted molar refractivity (Wildman–Crippen MR) is 76.7 cm³/mol. The lowest BCUT2D eigenvalue weighted by Gasteiger charge is -2.37. The van der Waals surface area contributed by atoms with Crippen molar-refractivity contribution >= 4 is 21.8 Å². The Labute approximate surface area is 125 Å². The molecule has 20 heavy (non-hydrogen) atoms. The first-order chi connectivity index (χ1) is 9.40. The molecule has 0 aliphatic carbocycles. The molecule has 0 radical (unpaired) electrons. The first-order valence-corrected chi connectivity index (χ1v) is 7.37. The second kappa shape index (κ2) is 6.18. The molecule has 0 bridgehead atoms. The molecular weight excluding hydrogens is 330 g/mol. The van der Waals surface area contributed by atoms with Gasteiger partial charge >= 0.3 is 0 Å². The van der Waals surface area contributed by atoms with Gasteiger partial charge in [-0.1, -0.05) is 0 Å². The lowest BCUT2D eigenvalue weighted by molar-refractivity contribution is 0.0590. The number of rotatable bonds is 2. The highest BCUT2D eigenvalue weighted by molar-refractivity contribution is 9.10. The molecule has 1 aliphatic heterocycles. The van der Waals surface area contributed by atoms with Gasteiger partial charge in [-0.3, -0.25) is 9.69 Å². The Morgan fingerprint density at radius 2 is 1.75 bits per heavy atom. The average molecular weight is 347 g/mol. The Kier molecular flexibility index (Phi) is 4.75. The van der Waals surface area contributed by atoms with Gasteiger partial charge in [0.15, 0.2) is 0 Å². The maximum Gasteiger partial charge on any atom is 0.257 e. The minimum Gasteiger partial charge on any atom is -0.336 e. The van der Waals surface area contributed by atoms with Gasteiger partial charge in [0, 0.05) is 32.2 Å². The van der Waals surface area contributed by atoms with Crippen molar-refractivity contribution in [2.75, 3.05) is 26.2 Å². The van der Waals surface area contributed by atoms with E-state index < -0.39 is 17.5 Å². The SMILES string of the molecule is CC(C)N1CCN(C(=O)c2cc(F)c(Br)cc2F)CC1. The maximum atomic E-state index is 13.8. The minimum absolute atomic E-state index is 0.0242. The molecule has 1 aliphatic rings. The van der Waals surface area contributed by atoms with Crippen LogP contribution in [0.5, 0.6) is 0 Å². The number of benzene rings is 1. The quantitative estimate of drug-likeness (QED) is 0.768. The van der Waals surface area contributed by atoms with E-state index in [2.05, 4.69) is 34.7 Å². The molecular formula is C14H17BrF2N2O. The third-order valence-electron chi connectivity index (χ3n) is 3.57. The van der Waals surface area contributed by atoms with E-state index >= 15 is 0 Å². The van der Waals surface area contributed by atoms with Gasteiger partial charge in [0.2, 0.25) is 0 Å². The number of piperazine rings is 1. The van der Waals surface area contributed by atoms with Crippen molar-refractivity contribution in [2.24, 2.45) is 0 Å². The summed E-state index contributed by atoms with van der Waals surface area (Å²) < 4.78 is 27.3. The number of carbonyl (C=O) groups is 1. The van der Waals surface area contributed by atoms with Crippen molar-refractivity contribution in [1.82, 2.24) is 9.80 Å². The first-order valence-electron chi connectivity index (χ1n) is 6.58. The van der Waals surface area contributed by atoms with Crippen LogP contribution in [-0.4, -0.2) is 47.9 Å². The molecule has 0 saturated carbocycles. The van der Waals surface area contributed by atoms with E-state index in [1.807, 2.05) is 0 Å². The van der Waals surface area contributed by atoms with E-state index in [0.717, 1.165) is 25.2 Å². The third-order valence-corrected chi connectivity index (χ3v) is 4.18. The van der Waals surface area contributed by atoms with Crippen LogP contribution in [0.1, 0.15) is 24.2 Å². The number of halogens is 3. The summed E-state index contributed by atoms with van der Waals surface area (Å²) in [6.07, 6.45) is 0. The topological polar surface area (TPSA) is 23.6 Å². The molecule has 0 N–H and O–H groups in total. The maximum absolute atomic E-state index is 13.8. The van der Waals surface area contributed by atoms with Crippen molar-refractivity contribution in [1.29, 1.82) is 0 Å². The highest BCUT2D eigenvalue weighted by Gasteiger charge is 2.25. The normalized spacial score (nSPS) is 16.8. The number of carbonyl (C=O) groups excluding carboxylic acids is 1. The van der Waals surface area contributed by atoms with E-state index in [-0.39, 0.29) is 10.0 Å². The average Bonchev–Trinajstić information content (AvgIpc) is 2.42. The Morgan fingerprint density at radius 1 is 1.15 bits per heavy atom. The Hall–Kier alpha value is -1.01. The van der Waals surface area contributed by atoms with E-state index in [0.29, 0.717) is 19.1 Å². The van der Waals surface area contributed by atoms with E-state index in [4.69, 9.17) is 0 Å². The highest BCUT2D eigenvalue weighted by atomic mass is 79.9. The summed E-state index contributed by atoms with van der Waals surface area (Å²) in [7, 11) is 0. The van der Waals surface area contributed by atoms with Crippen LogP contribution in [-0.2, 0) is 0 Å². The summed E-state index contributed by atoms with van der Waals surface area (Å²) >= 11 is 2.90. The molecule has 0 aromatic heterocycles. The molecule has 1 aromatic rings. The summed E-state index contributed by atoms with van der Waals surface area (Å²) in [4.78, 5) is 16.1. The van der Waals surface area contributed by atoms with Crippen LogP contribution in [0.25, 0.3) is 0 Å². The molecule has 3 nitrogen and oxygen atoms in total. The van der Waals surface area contributed by atoms with Crippen LogP contribution in [0, 0.1) is 11.6 Å². The number of hydrogen-bond acceptors (Lipinski definition) is 2. The lowest BCUT2D eigenvalue weighted by atomic mass is 10.1. The van der Waals surface area contributed by atoms with Crippen molar-refractivity contribution in [3.05, 3.63) is 33.8 Å². The van der Waals surface area contributed by atoms with E-state index in [1.54, 1.807) is 4.90 Å². The van der Waals surface area contributed by atoms with Gasteiger partial charge in [-0.25, -0.2) is 8.78 Å². The van der Waals surface area contributed by atoms with Gasteiger partial charge in [0.1, 0.15) is 11.6 Å². The van der Waals surface area contributed by atoms with Gasteiger partial charge in [-0.2, -0.15) is 0 Å². The number of nitrogens with zero attached hydrogens (tertiary/aromatic N) is 2. The predicted octanol–water partition coefficient (Wildman–Crippen LogP) is 2.89. The Bertz CT molecular complexity index is 514. The van der Waals surface area contributed by atoms with Crippen LogP contribution in [0.4, 0.5) is 8.78 Å². The second-order valence-electron chi connectivity index (χ2n) is 5.17. The molecule has 1 saturated heterocycles. The number of hydrogen-bond donors (Lipinski definition) is 0. The Balaban J connectivity index is 2.11. The molecule has 0 spiro atoms. The van der Waals surface area contributed by atoms with Gasteiger partial charge in [-0.15, -0.1) is 0 Å². The summed E-state index contributed by atoms with van der Waals surface area (Å²) in [6, 6.07) is 2.37. The molecule has 0 unspecified atom stereocenters. The largest absolute Gasteiger partial charge is 0.336 e.